The van der Waals surface area contributed by atoms with Crippen molar-refractivity contribution in [2.24, 2.45) is 0 Å². The van der Waals surface area contributed by atoms with Gasteiger partial charge in [-0.2, -0.15) is 0 Å². The third kappa shape index (κ3) is 34.6. The number of rotatable bonds is 33. The second kappa shape index (κ2) is 37.3. The predicted octanol–water partition coefficient (Wildman–Crippen LogP) is 11.7. The lowest BCUT2D eigenvalue weighted by Gasteiger charge is -2.15. The van der Waals surface area contributed by atoms with Gasteiger partial charge >= 0.3 is 5.97 Å². The van der Waals surface area contributed by atoms with Crippen LogP contribution in [0.2, 0.25) is 0 Å². The fourth-order valence-corrected chi connectivity index (χ4v) is 4.93. The Labute approximate surface area is 273 Å². The summed E-state index contributed by atoms with van der Waals surface area (Å²) in [6.07, 6.45) is 48.6. The third-order valence-corrected chi connectivity index (χ3v) is 7.64. The highest BCUT2D eigenvalue weighted by atomic mass is 16.6. The minimum absolute atomic E-state index is 0.212. The number of hydrogen-bond donors (Lipinski definition) is 1. The number of ether oxygens (including phenoxy) is 2. The molecule has 1 N–H and O–H groups in total. The minimum atomic E-state index is -0.587. The molecule has 1 unspecified atom stereocenters. The molecule has 254 valence electrons. The number of aliphatic hydroxyl groups is 1. The summed E-state index contributed by atoms with van der Waals surface area (Å²) in [6, 6.07) is 0. The van der Waals surface area contributed by atoms with Gasteiger partial charge in [0.15, 0.2) is 0 Å². The first-order chi connectivity index (χ1) is 21.7. The van der Waals surface area contributed by atoms with E-state index in [9.17, 15) is 9.90 Å². The molecule has 0 saturated heterocycles. The molecular formula is C40H70O4. The highest BCUT2D eigenvalue weighted by Crippen LogP contribution is 2.14. The van der Waals surface area contributed by atoms with E-state index in [0.717, 1.165) is 38.5 Å². The van der Waals surface area contributed by atoms with E-state index in [1.54, 1.807) is 0 Å². The highest BCUT2D eigenvalue weighted by molar-refractivity contribution is 5.71. The lowest BCUT2D eigenvalue weighted by molar-refractivity contribution is -0.153. The first kappa shape index (κ1) is 42.1. The van der Waals surface area contributed by atoms with Crippen LogP contribution in [-0.2, 0) is 14.3 Å². The first-order valence-electron chi connectivity index (χ1n) is 18.4. The van der Waals surface area contributed by atoms with Crippen molar-refractivity contribution < 1.29 is 19.4 Å². The molecule has 0 bridgehead atoms. The molecule has 0 radical (unpaired) electrons. The van der Waals surface area contributed by atoms with Gasteiger partial charge in [-0.25, -0.2) is 0 Å². The van der Waals surface area contributed by atoms with Gasteiger partial charge < -0.3 is 14.6 Å². The van der Waals surface area contributed by atoms with Crippen molar-refractivity contribution in [1.29, 1.82) is 0 Å². The Morgan fingerprint density at radius 2 is 0.932 bits per heavy atom. The first-order valence-corrected chi connectivity index (χ1v) is 18.4. The topological polar surface area (TPSA) is 55.8 Å². The lowest BCUT2D eigenvalue weighted by atomic mass is 10.0. The van der Waals surface area contributed by atoms with Crippen LogP contribution in [-0.4, -0.2) is 37.0 Å². The van der Waals surface area contributed by atoms with Crippen LogP contribution >= 0.6 is 0 Å². The number of unbranched alkanes of at least 4 members (excludes halogenated alkanes) is 16. The summed E-state index contributed by atoms with van der Waals surface area (Å²) < 4.78 is 11.0. The minimum Gasteiger partial charge on any atom is -0.457 e. The zero-order valence-electron chi connectivity index (χ0n) is 28.9. The van der Waals surface area contributed by atoms with Gasteiger partial charge in [-0.05, 0) is 38.5 Å². The molecule has 0 spiro atoms. The van der Waals surface area contributed by atoms with E-state index in [1.165, 1.54) is 103 Å². The number of esters is 1. The van der Waals surface area contributed by atoms with E-state index in [1.807, 2.05) is 12.2 Å². The van der Waals surface area contributed by atoms with Crippen LogP contribution in [0.1, 0.15) is 162 Å². The van der Waals surface area contributed by atoms with E-state index in [0.29, 0.717) is 6.61 Å². The average molecular weight is 615 g/mol. The molecule has 0 aromatic rings. The molecule has 1 atom stereocenters. The quantitative estimate of drug-likeness (QED) is 0.0454. The summed E-state index contributed by atoms with van der Waals surface area (Å²) in [5.74, 6) is -0.327. The molecule has 44 heavy (non-hydrogen) atoms. The number of carbonyl (C=O) groups is 1. The Bertz CT molecular complexity index is 734. The summed E-state index contributed by atoms with van der Waals surface area (Å²) in [5.41, 5.74) is 0. The van der Waals surface area contributed by atoms with Gasteiger partial charge in [-0.15, -0.1) is 0 Å². The summed E-state index contributed by atoms with van der Waals surface area (Å²) in [5, 5.41) is 9.53. The van der Waals surface area contributed by atoms with Gasteiger partial charge in [0.1, 0.15) is 6.10 Å². The average Bonchev–Trinajstić information content (AvgIpc) is 3.03. The molecule has 0 aliphatic carbocycles. The molecule has 0 aromatic carbocycles. The van der Waals surface area contributed by atoms with E-state index in [4.69, 9.17) is 9.47 Å². The standard InChI is InChI=1S/C40H70O4/c1-3-5-7-9-11-13-15-17-19-20-22-24-26-28-30-32-34-36-43-38-39(37-41)44-40(42)35-33-31-29-27-25-23-21-18-16-14-12-10-8-6-4-2/h6,8,12,14,18,21,25,27,31,33,39,41H,3-5,7,9-11,13,15-17,19-20,22-24,26,28-30,32,34-38H2,1-2H3/b8-6-,14-12-,21-18-,27-25-,33-31-. The Balaban J connectivity index is 3.56. The van der Waals surface area contributed by atoms with Crippen LogP contribution in [0.15, 0.2) is 60.8 Å². The van der Waals surface area contributed by atoms with Crippen LogP contribution in [0.5, 0.6) is 0 Å². The van der Waals surface area contributed by atoms with E-state index in [-0.39, 0.29) is 25.6 Å². The van der Waals surface area contributed by atoms with Crippen molar-refractivity contribution in [2.45, 2.75) is 168 Å². The Hall–Kier alpha value is -1.91. The number of carbonyl (C=O) groups excluding carboxylic acids is 1. The normalized spacial score (nSPS) is 13.1. The number of allylic oxidation sites excluding steroid dienone is 9. The molecule has 0 rings (SSSR count). The van der Waals surface area contributed by atoms with Crippen LogP contribution in [0.4, 0.5) is 0 Å². The smallest absolute Gasteiger partial charge is 0.310 e. The molecule has 0 aliphatic rings. The molecule has 0 amide bonds. The second-order valence-corrected chi connectivity index (χ2v) is 11.9. The Kier molecular flexibility index (Phi) is 35.7. The van der Waals surface area contributed by atoms with E-state index < -0.39 is 6.10 Å². The van der Waals surface area contributed by atoms with Crippen molar-refractivity contribution >= 4 is 5.97 Å². The van der Waals surface area contributed by atoms with Crippen LogP contribution in [0.3, 0.4) is 0 Å². The SMILES string of the molecule is CC/C=C\C/C=C\C/C=C\C/C=C\C/C=C\CC(=O)OC(CO)COCCCCCCCCCCCCCCCCCCC. The van der Waals surface area contributed by atoms with Crippen LogP contribution in [0.25, 0.3) is 0 Å². The van der Waals surface area contributed by atoms with Gasteiger partial charge in [0.2, 0.25) is 0 Å². The van der Waals surface area contributed by atoms with Gasteiger partial charge in [-0.1, -0.05) is 177 Å². The van der Waals surface area contributed by atoms with E-state index >= 15 is 0 Å². The van der Waals surface area contributed by atoms with Crippen molar-refractivity contribution in [3.05, 3.63) is 60.8 Å². The number of aliphatic hydroxyl groups excluding tert-OH is 1. The predicted molar refractivity (Wildman–Crippen MR) is 191 cm³/mol. The fourth-order valence-electron chi connectivity index (χ4n) is 4.93. The largest absolute Gasteiger partial charge is 0.457 e. The summed E-state index contributed by atoms with van der Waals surface area (Å²) in [4.78, 5) is 12.1. The number of hydrogen-bond acceptors (Lipinski definition) is 4. The van der Waals surface area contributed by atoms with Gasteiger partial charge in [-0.3, -0.25) is 4.79 Å². The summed E-state index contributed by atoms with van der Waals surface area (Å²) in [7, 11) is 0. The zero-order valence-corrected chi connectivity index (χ0v) is 28.9. The maximum Gasteiger partial charge on any atom is 0.310 e. The van der Waals surface area contributed by atoms with Gasteiger partial charge in [0.25, 0.3) is 0 Å². The highest BCUT2D eigenvalue weighted by Gasteiger charge is 2.12. The summed E-state index contributed by atoms with van der Waals surface area (Å²) >= 11 is 0. The van der Waals surface area contributed by atoms with Crippen molar-refractivity contribution in [3.8, 4) is 0 Å². The van der Waals surface area contributed by atoms with Crippen LogP contribution in [0, 0.1) is 0 Å². The maximum absolute atomic E-state index is 12.1. The third-order valence-electron chi connectivity index (χ3n) is 7.64. The molecule has 0 saturated carbocycles. The van der Waals surface area contributed by atoms with E-state index in [2.05, 4.69) is 62.5 Å². The Morgan fingerprint density at radius 1 is 0.545 bits per heavy atom. The van der Waals surface area contributed by atoms with Crippen molar-refractivity contribution in [1.82, 2.24) is 0 Å². The fraction of sp³-hybridized carbons (Fsp3) is 0.725. The summed E-state index contributed by atoms with van der Waals surface area (Å²) in [6.45, 7) is 5.13. The molecule has 4 heteroatoms. The maximum atomic E-state index is 12.1. The zero-order chi connectivity index (χ0) is 32.0. The molecule has 4 nitrogen and oxygen atoms in total. The molecule has 0 fully saturated rings. The van der Waals surface area contributed by atoms with Crippen molar-refractivity contribution in [3.63, 3.8) is 0 Å². The molecular weight excluding hydrogens is 544 g/mol. The molecule has 0 aliphatic heterocycles. The van der Waals surface area contributed by atoms with Crippen molar-refractivity contribution in [2.75, 3.05) is 19.8 Å². The monoisotopic (exact) mass is 615 g/mol. The van der Waals surface area contributed by atoms with Gasteiger partial charge in [0.05, 0.1) is 19.6 Å². The van der Waals surface area contributed by atoms with Crippen LogP contribution < -0.4 is 0 Å². The van der Waals surface area contributed by atoms with Gasteiger partial charge in [0, 0.05) is 6.61 Å². The molecule has 0 heterocycles. The lowest BCUT2D eigenvalue weighted by Crippen LogP contribution is -2.27. The second-order valence-electron chi connectivity index (χ2n) is 11.9. The Morgan fingerprint density at radius 3 is 1.34 bits per heavy atom. The molecule has 0 aromatic heterocycles.